The van der Waals surface area contributed by atoms with E-state index < -0.39 is 10.0 Å². The highest BCUT2D eigenvalue weighted by molar-refractivity contribution is 7.89. The second-order valence-corrected chi connectivity index (χ2v) is 6.71. The molecule has 0 atom stereocenters. The summed E-state index contributed by atoms with van der Waals surface area (Å²) in [5.74, 6) is -0.143. The first-order valence-corrected chi connectivity index (χ1v) is 8.50. The van der Waals surface area contributed by atoms with Crippen LogP contribution in [0.25, 0.3) is 0 Å². The van der Waals surface area contributed by atoms with Crippen molar-refractivity contribution in [2.45, 2.75) is 17.9 Å². The van der Waals surface area contributed by atoms with Crippen LogP contribution in [0, 0.1) is 0 Å². The highest BCUT2D eigenvalue weighted by Crippen LogP contribution is 2.06. The van der Waals surface area contributed by atoms with Crippen molar-refractivity contribution in [1.82, 2.24) is 19.6 Å². The smallest absolute Gasteiger partial charge is 0.242 e. The third kappa shape index (κ3) is 5.11. The summed E-state index contributed by atoms with van der Waals surface area (Å²) in [5, 5.41) is 0. The molecule has 0 saturated heterocycles. The van der Waals surface area contributed by atoms with Crippen LogP contribution in [0.1, 0.15) is 12.0 Å². The number of carbonyl (C=O) groups excluding carboxylic acids is 1. The molecule has 0 fully saturated rings. The van der Waals surface area contributed by atoms with E-state index in [4.69, 9.17) is 0 Å². The fourth-order valence-electron chi connectivity index (χ4n) is 1.92. The fourth-order valence-corrected chi connectivity index (χ4v) is 2.92. The maximum atomic E-state index is 12.0. The van der Waals surface area contributed by atoms with E-state index in [2.05, 4.69) is 14.7 Å². The Labute approximate surface area is 135 Å². The zero-order chi connectivity index (χ0) is 16.7. The largest absolute Gasteiger partial charge is 0.341 e. The minimum absolute atomic E-state index is 0.0384. The van der Waals surface area contributed by atoms with Crippen LogP contribution in [0.4, 0.5) is 0 Å². The van der Waals surface area contributed by atoms with Gasteiger partial charge in [0.15, 0.2) is 0 Å². The van der Waals surface area contributed by atoms with Crippen molar-refractivity contribution in [1.29, 1.82) is 0 Å². The van der Waals surface area contributed by atoms with Crippen LogP contribution in [0.5, 0.6) is 0 Å². The summed E-state index contributed by atoms with van der Waals surface area (Å²) in [6.07, 6.45) is 6.17. The Hall–Kier alpha value is -2.32. The SMILES string of the molecule is CN(Cc1ccncc1)C(=O)CCNS(=O)(=O)c1cccnc1. The van der Waals surface area contributed by atoms with Gasteiger partial charge in [-0.1, -0.05) is 0 Å². The van der Waals surface area contributed by atoms with Crippen LogP contribution >= 0.6 is 0 Å². The highest BCUT2D eigenvalue weighted by Gasteiger charge is 2.15. The first kappa shape index (κ1) is 17.0. The van der Waals surface area contributed by atoms with Crippen molar-refractivity contribution in [2.75, 3.05) is 13.6 Å². The molecular weight excluding hydrogens is 316 g/mol. The molecule has 2 rings (SSSR count). The Bertz CT molecular complexity index is 736. The predicted octanol–water partition coefficient (Wildman–Crippen LogP) is 0.804. The van der Waals surface area contributed by atoms with E-state index in [0.29, 0.717) is 6.54 Å². The molecular formula is C15H18N4O3S. The molecule has 1 N–H and O–H groups in total. The van der Waals surface area contributed by atoms with E-state index in [-0.39, 0.29) is 23.8 Å². The number of nitrogens with zero attached hydrogens (tertiary/aromatic N) is 3. The van der Waals surface area contributed by atoms with Gasteiger partial charge in [0.25, 0.3) is 0 Å². The van der Waals surface area contributed by atoms with Gasteiger partial charge in [-0.3, -0.25) is 14.8 Å². The lowest BCUT2D eigenvalue weighted by Crippen LogP contribution is -2.32. The lowest BCUT2D eigenvalue weighted by molar-refractivity contribution is -0.130. The van der Waals surface area contributed by atoms with Gasteiger partial charge in [-0.25, -0.2) is 13.1 Å². The number of amides is 1. The average molecular weight is 334 g/mol. The van der Waals surface area contributed by atoms with E-state index in [0.717, 1.165) is 5.56 Å². The number of nitrogens with one attached hydrogen (secondary N) is 1. The molecule has 0 spiro atoms. The molecule has 122 valence electrons. The van der Waals surface area contributed by atoms with Crippen LogP contribution in [0.15, 0.2) is 53.9 Å². The van der Waals surface area contributed by atoms with E-state index >= 15 is 0 Å². The summed E-state index contributed by atoms with van der Waals surface area (Å²) in [7, 11) is -1.95. The maximum absolute atomic E-state index is 12.0. The van der Waals surface area contributed by atoms with Crippen molar-refractivity contribution in [3.63, 3.8) is 0 Å². The Kier molecular flexibility index (Phi) is 5.78. The third-order valence-electron chi connectivity index (χ3n) is 3.17. The average Bonchev–Trinajstić information content (AvgIpc) is 2.56. The van der Waals surface area contributed by atoms with Gasteiger partial charge < -0.3 is 4.90 Å². The van der Waals surface area contributed by atoms with Crippen molar-refractivity contribution in [3.05, 3.63) is 54.6 Å². The van der Waals surface area contributed by atoms with Crippen LogP contribution in [0.2, 0.25) is 0 Å². The summed E-state index contributed by atoms with van der Waals surface area (Å²) < 4.78 is 26.4. The zero-order valence-corrected chi connectivity index (χ0v) is 13.5. The van der Waals surface area contributed by atoms with Crippen LogP contribution < -0.4 is 4.72 Å². The van der Waals surface area contributed by atoms with Crippen molar-refractivity contribution in [2.24, 2.45) is 0 Å². The standard InChI is InChI=1S/C15H18N4O3S/c1-19(12-13-4-8-16-9-5-13)15(20)6-10-18-23(21,22)14-3-2-7-17-11-14/h2-5,7-9,11,18H,6,10,12H2,1H3. The Balaban J connectivity index is 1.83. The monoisotopic (exact) mass is 334 g/mol. The molecule has 0 saturated carbocycles. The minimum atomic E-state index is -3.63. The normalized spacial score (nSPS) is 11.2. The molecule has 0 unspecified atom stereocenters. The van der Waals surface area contributed by atoms with Gasteiger partial charge in [-0.15, -0.1) is 0 Å². The predicted molar refractivity (Wildman–Crippen MR) is 84.8 cm³/mol. The second-order valence-electron chi connectivity index (χ2n) is 4.94. The summed E-state index contributed by atoms with van der Waals surface area (Å²) in [6.45, 7) is 0.494. The molecule has 0 radical (unpaired) electrons. The molecule has 0 aliphatic carbocycles. The van der Waals surface area contributed by atoms with Gasteiger partial charge in [-0.2, -0.15) is 0 Å². The van der Waals surface area contributed by atoms with Crippen LogP contribution in [0.3, 0.4) is 0 Å². The summed E-state index contributed by atoms with van der Waals surface area (Å²) in [6, 6.07) is 6.65. The molecule has 0 aromatic carbocycles. The van der Waals surface area contributed by atoms with Crippen molar-refractivity contribution in [3.8, 4) is 0 Å². The molecule has 8 heteroatoms. The molecule has 7 nitrogen and oxygen atoms in total. The van der Waals surface area contributed by atoms with Gasteiger partial charge in [-0.05, 0) is 29.8 Å². The summed E-state index contributed by atoms with van der Waals surface area (Å²) in [5.41, 5.74) is 0.965. The fraction of sp³-hybridized carbons (Fsp3) is 0.267. The number of rotatable bonds is 7. The van der Waals surface area contributed by atoms with Gasteiger partial charge in [0.05, 0.1) is 0 Å². The van der Waals surface area contributed by atoms with E-state index in [1.807, 2.05) is 12.1 Å². The lowest BCUT2D eigenvalue weighted by Gasteiger charge is -2.17. The van der Waals surface area contributed by atoms with Gasteiger partial charge in [0, 0.05) is 51.3 Å². The van der Waals surface area contributed by atoms with Crippen LogP contribution in [-0.2, 0) is 21.4 Å². The quantitative estimate of drug-likeness (QED) is 0.809. The van der Waals surface area contributed by atoms with Crippen LogP contribution in [-0.4, -0.2) is 42.8 Å². The molecule has 0 bridgehead atoms. The Morgan fingerprint density at radius 1 is 1.17 bits per heavy atom. The summed E-state index contributed by atoms with van der Waals surface area (Å²) in [4.78, 5) is 21.4. The molecule has 1 amide bonds. The minimum Gasteiger partial charge on any atom is -0.341 e. The zero-order valence-electron chi connectivity index (χ0n) is 12.7. The van der Waals surface area contributed by atoms with E-state index in [1.165, 1.54) is 18.5 Å². The number of hydrogen-bond donors (Lipinski definition) is 1. The Morgan fingerprint density at radius 2 is 1.91 bits per heavy atom. The molecule has 2 aromatic heterocycles. The topological polar surface area (TPSA) is 92.3 Å². The van der Waals surface area contributed by atoms with Crippen molar-refractivity contribution < 1.29 is 13.2 Å². The van der Waals surface area contributed by atoms with E-state index in [1.54, 1.807) is 30.4 Å². The van der Waals surface area contributed by atoms with Crippen molar-refractivity contribution >= 4 is 15.9 Å². The van der Waals surface area contributed by atoms with Gasteiger partial charge >= 0.3 is 0 Å². The van der Waals surface area contributed by atoms with Gasteiger partial charge in [0.2, 0.25) is 15.9 Å². The van der Waals surface area contributed by atoms with E-state index in [9.17, 15) is 13.2 Å². The summed E-state index contributed by atoms with van der Waals surface area (Å²) >= 11 is 0. The first-order chi connectivity index (χ1) is 11.0. The number of pyridine rings is 2. The molecule has 0 aliphatic heterocycles. The molecule has 2 heterocycles. The number of aromatic nitrogens is 2. The number of carbonyl (C=O) groups is 1. The molecule has 23 heavy (non-hydrogen) atoms. The highest BCUT2D eigenvalue weighted by atomic mass is 32.2. The van der Waals surface area contributed by atoms with Gasteiger partial charge in [0.1, 0.15) is 4.90 Å². The second kappa shape index (κ2) is 7.80. The Morgan fingerprint density at radius 3 is 2.57 bits per heavy atom. The molecule has 0 aliphatic rings. The molecule has 2 aromatic rings. The first-order valence-electron chi connectivity index (χ1n) is 7.01. The number of sulfonamides is 1. The lowest BCUT2D eigenvalue weighted by atomic mass is 10.2. The maximum Gasteiger partial charge on any atom is 0.242 e. The number of hydrogen-bond acceptors (Lipinski definition) is 5. The third-order valence-corrected chi connectivity index (χ3v) is 4.62.